The van der Waals surface area contributed by atoms with Crippen LogP contribution in [0.25, 0.3) is 11.4 Å². The molecule has 0 bridgehead atoms. The minimum atomic E-state index is 0.578. The number of rotatable bonds is 8. The van der Waals surface area contributed by atoms with Gasteiger partial charge in [-0.25, -0.2) is 15.0 Å². The zero-order chi connectivity index (χ0) is 22.5. The van der Waals surface area contributed by atoms with Gasteiger partial charge in [0.1, 0.15) is 17.2 Å². The van der Waals surface area contributed by atoms with Crippen LogP contribution in [0.5, 0.6) is 0 Å². The summed E-state index contributed by atoms with van der Waals surface area (Å²) in [5.41, 5.74) is 1.77. The Labute approximate surface area is 196 Å². The van der Waals surface area contributed by atoms with Crippen LogP contribution in [0.3, 0.4) is 0 Å². The Morgan fingerprint density at radius 3 is 2.56 bits per heavy atom. The fourth-order valence-electron chi connectivity index (χ4n) is 4.61. The van der Waals surface area contributed by atoms with Crippen LogP contribution in [0.1, 0.15) is 45.4 Å². The summed E-state index contributed by atoms with van der Waals surface area (Å²) in [5.74, 6) is 2.39. The molecule has 2 aliphatic rings. The summed E-state index contributed by atoms with van der Waals surface area (Å²) in [6.45, 7) is 17.7. The summed E-state index contributed by atoms with van der Waals surface area (Å²) in [6, 6.07) is 0. The summed E-state index contributed by atoms with van der Waals surface area (Å²) in [4.78, 5) is 23.0. The quantitative estimate of drug-likeness (QED) is 0.589. The first-order valence-electron chi connectivity index (χ1n) is 12.2. The molecular formula is C24H38N6OS. The first kappa shape index (κ1) is 23.4. The summed E-state index contributed by atoms with van der Waals surface area (Å²) in [7, 11) is 0. The zero-order valence-corrected chi connectivity index (χ0v) is 20.9. The van der Waals surface area contributed by atoms with Gasteiger partial charge in [0.2, 0.25) is 0 Å². The number of piperidine rings is 1. The molecule has 1 unspecified atom stereocenters. The van der Waals surface area contributed by atoms with Crippen LogP contribution >= 0.6 is 11.3 Å². The lowest BCUT2D eigenvalue weighted by atomic mass is 10.0. The molecular weight excluding hydrogens is 420 g/mol. The molecule has 0 spiro atoms. The summed E-state index contributed by atoms with van der Waals surface area (Å²) < 4.78 is 5.75. The second-order valence-corrected chi connectivity index (χ2v) is 10.6. The Balaban J connectivity index is 1.48. The van der Waals surface area contributed by atoms with E-state index in [1.165, 1.54) is 19.4 Å². The van der Waals surface area contributed by atoms with Gasteiger partial charge >= 0.3 is 0 Å². The molecule has 0 saturated carbocycles. The normalized spacial score (nSPS) is 20.3. The Kier molecular flexibility index (Phi) is 7.97. The van der Waals surface area contributed by atoms with Gasteiger partial charge in [-0.05, 0) is 31.6 Å². The van der Waals surface area contributed by atoms with Gasteiger partial charge in [-0.15, -0.1) is 0 Å². The molecule has 8 heteroatoms. The highest BCUT2D eigenvalue weighted by Gasteiger charge is 2.23. The van der Waals surface area contributed by atoms with Crippen molar-refractivity contribution in [3.8, 4) is 11.4 Å². The molecule has 176 valence electrons. The van der Waals surface area contributed by atoms with Gasteiger partial charge < -0.3 is 14.5 Å². The third-order valence-corrected chi connectivity index (χ3v) is 7.34. The highest BCUT2D eigenvalue weighted by Crippen LogP contribution is 2.35. The van der Waals surface area contributed by atoms with E-state index in [0.717, 1.165) is 66.5 Å². The van der Waals surface area contributed by atoms with Crippen molar-refractivity contribution >= 4 is 22.3 Å². The molecule has 2 aromatic rings. The van der Waals surface area contributed by atoms with Crippen molar-refractivity contribution in [3.63, 3.8) is 0 Å². The maximum atomic E-state index is 5.75. The third-order valence-electron chi connectivity index (χ3n) is 6.25. The standard InChI is InChI=1S/C24H38N6OS/c1-5-31-17-21-23(27-24(32-21)30-8-6-7-19(4)16-30)20-13-26-22(14-25-20)29-11-9-28(10-12-29)15-18(2)3/h13-14,18-19H,5-12,15-17H2,1-4H3. The molecule has 0 aromatic carbocycles. The van der Waals surface area contributed by atoms with E-state index in [-0.39, 0.29) is 0 Å². The van der Waals surface area contributed by atoms with Crippen molar-refractivity contribution in [2.24, 2.45) is 11.8 Å². The average Bonchev–Trinajstić information content (AvgIpc) is 3.22. The van der Waals surface area contributed by atoms with Crippen molar-refractivity contribution in [1.82, 2.24) is 19.9 Å². The lowest BCUT2D eigenvalue weighted by Crippen LogP contribution is -2.47. The number of anilines is 2. The maximum Gasteiger partial charge on any atom is 0.186 e. The highest BCUT2D eigenvalue weighted by molar-refractivity contribution is 7.16. The van der Waals surface area contributed by atoms with E-state index in [9.17, 15) is 0 Å². The van der Waals surface area contributed by atoms with Crippen molar-refractivity contribution in [3.05, 3.63) is 17.3 Å². The van der Waals surface area contributed by atoms with E-state index in [1.807, 2.05) is 19.3 Å². The van der Waals surface area contributed by atoms with Crippen LogP contribution < -0.4 is 9.80 Å². The molecule has 0 aliphatic carbocycles. The summed E-state index contributed by atoms with van der Waals surface area (Å²) in [6.07, 6.45) is 6.35. The van der Waals surface area contributed by atoms with Gasteiger partial charge in [-0.3, -0.25) is 4.90 Å². The molecule has 0 amide bonds. The zero-order valence-electron chi connectivity index (χ0n) is 20.1. The Bertz CT molecular complexity index is 847. The van der Waals surface area contributed by atoms with Gasteiger partial charge in [0.15, 0.2) is 5.13 Å². The van der Waals surface area contributed by atoms with Crippen LogP contribution in [-0.4, -0.2) is 72.3 Å². The van der Waals surface area contributed by atoms with Crippen molar-refractivity contribution in [2.75, 3.05) is 62.2 Å². The maximum absolute atomic E-state index is 5.75. The van der Waals surface area contributed by atoms with E-state index in [2.05, 4.69) is 35.5 Å². The average molecular weight is 459 g/mol. The molecule has 32 heavy (non-hydrogen) atoms. The largest absolute Gasteiger partial charge is 0.376 e. The Morgan fingerprint density at radius 1 is 1.09 bits per heavy atom. The molecule has 4 heterocycles. The van der Waals surface area contributed by atoms with Crippen molar-refractivity contribution in [1.29, 1.82) is 0 Å². The molecule has 7 nitrogen and oxygen atoms in total. The van der Waals surface area contributed by atoms with E-state index in [4.69, 9.17) is 19.7 Å². The van der Waals surface area contributed by atoms with Crippen molar-refractivity contribution in [2.45, 2.75) is 47.1 Å². The van der Waals surface area contributed by atoms with E-state index >= 15 is 0 Å². The molecule has 1 atom stereocenters. The van der Waals surface area contributed by atoms with Crippen molar-refractivity contribution < 1.29 is 4.74 Å². The number of piperazine rings is 1. The Morgan fingerprint density at radius 2 is 1.91 bits per heavy atom. The predicted octanol–water partition coefficient (Wildman–Crippen LogP) is 4.15. The topological polar surface area (TPSA) is 57.6 Å². The van der Waals surface area contributed by atoms with Gasteiger partial charge in [0.05, 0.1) is 23.9 Å². The van der Waals surface area contributed by atoms with Gasteiger partial charge in [0.25, 0.3) is 0 Å². The van der Waals surface area contributed by atoms with E-state index in [1.54, 1.807) is 11.3 Å². The van der Waals surface area contributed by atoms with Gasteiger partial charge in [-0.1, -0.05) is 32.1 Å². The first-order chi connectivity index (χ1) is 15.5. The SMILES string of the molecule is CCOCc1sc(N2CCCC(C)C2)nc1-c1cnc(N2CCN(CC(C)C)CC2)cn1. The molecule has 0 N–H and O–H groups in total. The minimum absolute atomic E-state index is 0.578. The van der Waals surface area contributed by atoms with Crippen LogP contribution in [0.2, 0.25) is 0 Å². The van der Waals surface area contributed by atoms with E-state index < -0.39 is 0 Å². The Hall–Kier alpha value is -1.77. The molecule has 2 saturated heterocycles. The number of aromatic nitrogens is 3. The van der Waals surface area contributed by atoms with E-state index in [0.29, 0.717) is 25.0 Å². The first-order valence-corrected chi connectivity index (χ1v) is 13.0. The number of nitrogens with zero attached hydrogens (tertiary/aromatic N) is 6. The summed E-state index contributed by atoms with van der Waals surface area (Å²) >= 11 is 1.75. The second kappa shape index (κ2) is 10.9. The molecule has 4 rings (SSSR count). The second-order valence-electron chi connectivity index (χ2n) is 9.54. The minimum Gasteiger partial charge on any atom is -0.376 e. The monoisotopic (exact) mass is 458 g/mol. The van der Waals surface area contributed by atoms with Crippen LogP contribution in [-0.2, 0) is 11.3 Å². The van der Waals surface area contributed by atoms with Gasteiger partial charge in [-0.2, -0.15) is 0 Å². The highest BCUT2D eigenvalue weighted by atomic mass is 32.1. The smallest absolute Gasteiger partial charge is 0.186 e. The fourth-order valence-corrected chi connectivity index (χ4v) is 5.65. The number of ether oxygens (including phenoxy) is 1. The molecule has 0 radical (unpaired) electrons. The van der Waals surface area contributed by atoms with Crippen LogP contribution in [0, 0.1) is 11.8 Å². The third kappa shape index (κ3) is 5.77. The number of hydrogen-bond acceptors (Lipinski definition) is 8. The number of thiazole rings is 1. The molecule has 2 fully saturated rings. The fraction of sp³-hybridized carbons (Fsp3) is 0.708. The van der Waals surface area contributed by atoms with Crippen LogP contribution in [0.15, 0.2) is 12.4 Å². The molecule has 2 aromatic heterocycles. The predicted molar refractivity (Wildman–Crippen MR) is 133 cm³/mol. The lowest BCUT2D eigenvalue weighted by Gasteiger charge is -2.36. The summed E-state index contributed by atoms with van der Waals surface area (Å²) in [5, 5.41) is 1.09. The van der Waals surface area contributed by atoms with Gasteiger partial charge in [0, 0.05) is 52.4 Å². The lowest BCUT2D eigenvalue weighted by molar-refractivity contribution is 0.136. The molecule has 2 aliphatic heterocycles. The number of hydrogen-bond donors (Lipinski definition) is 0. The van der Waals surface area contributed by atoms with Crippen LogP contribution in [0.4, 0.5) is 10.9 Å².